The molecule has 33 heavy (non-hydrogen) atoms. The molecule has 0 radical (unpaired) electrons. The van der Waals surface area contributed by atoms with Crippen molar-refractivity contribution in [3.05, 3.63) is 47.4 Å². The van der Waals surface area contributed by atoms with Gasteiger partial charge in [-0.15, -0.1) is 11.8 Å². The maximum absolute atomic E-state index is 13.1. The number of fused-ring (bicyclic) bond motifs is 1. The summed E-state index contributed by atoms with van der Waals surface area (Å²) in [6, 6.07) is 5.89. The van der Waals surface area contributed by atoms with Crippen LogP contribution in [0, 0.1) is 0 Å². The fourth-order valence-electron chi connectivity index (χ4n) is 4.55. The fourth-order valence-corrected chi connectivity index (χ4v) is 5.64. The number of aromatic nitrogens is 1. The van der Waals surface area contributed by atoms with Crippen LogP contribution in [0.15, 0.2) is 41.8 Å². The van der Waals surface area contributed by atoms with Gasteiger partial charge in [0.15, 0.2) is 0 Å². The van der Waals surface area contributed by atoms with Crippen LogP contribution >= 0.6 is 11.8 Å². The number of hydrogen-bond acceptors (Lipinski definition) is 6. The van der Waals surface area contributed by atoms with Crippen molar-refractivity contribution in [3.8, 4) is 0 Å². The fraction of sp³-hybridized carbons (Fsp3) is 0.542. The molecule has 0 spiro atoms. The summed E-state index contributed by atoms with van der Waals surface area (Å²) in [6.07, 6.45) is -1.85. The number of rotatable bonds is 5. The highest BCUT2D eigenvalue weighted by atomic mass is 32.2. The van der Waals surface area contributed by atoms with E-state index in [0.29, 0.717) is 12.1 Å². The second-order valence-corrected chi connectivity index (χ2v) is 10.2. The van der Waals surface area contributed by atoms with E-state index in [-0.39, 0.29) is 11.3 Å². The Morgan fingerprint density at radius 1 is 1.21 bits per heavy atom. The van der Waals surface area contributed by atoms with Gasteiger partial charge >= 0.3 is 6.18 Å². The third-order valence-corrected chi connectivity index (χ3v) is 7.72. The second-order valence-electron chi connectivity index (χ2n) is 8.77. The number of nitrogens with zero attached hydrogens (tertiary/aromatic N) is 3. The first kappa shape index (κ1) is 24.2. The van der Waals surface area contributed by atoms with Crippen molar-refractivity contribution in [1.82, 2.24) is 9.88 Å². The van der Waals surface area contributed by atoms with Gasteiger partial charge in [0.25, 0.3) is 0 Å². The van der Waals surface area contributed by atoms with Crippen molar-refractivity contribution in [2.24, 2.45) is 0 Å². The van der Waals surface area contributed by atoms with Gasteiger partial charge in [0.1, 0.15) is 17.8 Å². The quantitative estimate of drug-likeness (QED) is 0.656. The lowest BCUT2D eigenvalue weighted by molar-refractivity contribution is -0.137. The first-order valence-corrected chi connectivity index (χ1v) is 12.2. The topological polar surface area (TPSA) is 48.8 Å². The van der Waals surface area contributed by atoms with Crippen molar-refractivity contribution in [1.29, 1.82) is 0 Å². The first-order chi connectivity index (χ1) is 15.6. The van der Waals surface area contributed by atoms with Crippen LogP contribution in [0.2, 0.25) is 0 Å². The normalized spacial score (nSPS) is 23.8. The van der Waals surface area contributed by atoms with E-state index in [0.717, 1.165) is 67.1 Å². The summed E-state index contributed by atoms with van der Waals surface area (Å²) in [5.41, 5.74) is 1.02. The predicted molar refractivity (Wildman–Crippen MR) is 126 cm³/mol. The van der Waals surface area contributed by atoms with E-state index in [1.165, 1.54) is 17.8 Å². The van der Waals surface area contributed by atoms with Gasteiger partial charge in [-0.1, -0.05) is 6.07 Å². The summed E-state index contributed by atoms with van der Waals surface area (Å²) in [7, 11) is 0. The van der Waals surface area contributed by atoms with Gasteiger partial charge in [0.2, 0.25) is 0 Å². The van der Waals surface area contributed by atoms with Crippen molar-refractivity contribution in [2.75, 3.05) is 37.7 Å². The minimum Gasteiger partial charge on any atom is -0.495 e. The molecular formula is C24H30F3N3O2S. The molecule has 0 aliphatic carbocycles. The first-order valence-electron chi connectivity index (χ1n) is 11.3. The molecule has 2 aliphatic rings. The van der Waals surface area contributed by atoms with Gasteiger partial charge in [-0.3, -0.25) is 9.88 Å². The van der Waals surface area contributed by atoms with Gasteiger partial charge in [-0.05, 0) is 45.4 Å². The molecule has 2 aromatic rings. The lowest BCUT2D eigenvalue weighted by atomic mass is 10.1. The molecule has 0 amide bonds. The van der Waals surface area contributed by atoms with Crippen LogP contribution in [-0.4, -0.2) is 64.5 Å². The van der Waals surface area contributed by atoms with E-state index in [9.17, 15) is 18.3 Å². The molecule has 1 fully saturated rings. The van der Waals surface area contributed by atoms with Crippen molar-refractivity contribution in [3.63, 3.8) is 0 Å². The molecule has 3 heterocycles. The molecular weight excluding hydrogens is 451 g/mol. The number of anilines is 1. The Morgan fingerprint density at radius 3 is 2.70 bits per heavy atom. The van der Waals surface area contributed by atoms with Crippen LogP contribution in [0.5, 0.6) is 0 Å². The minimum atomic E-state index is -4.38. The molecule has 4 rings (SSSR count). The van der Waals surface area contributed by atoms with E-state index in [2.05, 4.69) is 21.7 Å². The Balaban J connectivity index is 1.42. The van der Waals surface area contributed by atoms with Crippen LogP contribution in [0.1, 0.15) is 32.8 Å². The molecule has 180 valence electrons. The SMILES string of the molecule is CC1=C(OCC(C)N2CCCN(c3ccnc4cc(C(F)(F)F)ccc34)CC2)C(C)SC1O. The molecule has 1 aromatic heterocycles. The maximum atomic E-state index is 13.1. The molecule has 2 aliphatic heterocycles. The molecule has 0 saturated carbocycles. The lowest BCUT2D eigenvalue weighted by Gasteiger charge is -2.29. The van der Waals surface area contributed by atoms with Crippen LogP contribution in [0.4, 0.5) is 18.9 Å². The van der Waals surface area contributed by atoms with Crippen molar-refractivity contribution >= 4 is 28.4 Å². The highest BCUT2D eigenvalue weighted by molar-refractivity contribution is 8.01. The monoisotopic (exact) mass is 481 g/mol. The average molecular weight is 482 g/mol. The third kappa shape index (κ3) is 5.25. The van der Waals surface area contributed by atoms with E-state index < -0.39 is 17.2 Å². The number of halogens is 3. The number of benzene rings is 1. The van der Waals surface area contributed by atoms with Gasteiger partial charge in [-0.25, -0.2) is 0 Å². The Kier molecular flexibility index (Phi) is 7.12. The van der Waals surface area contributed by atoms with Gasteiger partial charge in [-0.2, -0.15) is 13.2 Å². The number of hydrogen-bond donors (Lipinski definition) is 1. The zero-order valence-corrected chi connectivity index (χ0v) is 19.9. The number of ether oxygens (including phenoxy) is 1. The summed E-state index contributed by atoms with van der Waals surface area (Å²) in [4.78, 5) is 8.81. The highest BCUT2D eigenvalue weighted by Gasteiger charge is 2.32. The van der Waals surface area contributed by atoms with Crippen LogP contribution in [0.25, 0.3) is 10.9 Å². The number of thioether (sulfide) groups is 1. The van der Waals surface area contributed by atoms with E-state index in [1.807, 2.05) is 19.9 Å². The van der Waals surface area contributed by atoms with E-state index in [1.54, 1.807) is 6.20 Å². The molecule has 3 atom stereocenters. The summed E-state index contributed by atoms with van der Waals surface area (Å²) in [5, 5.41) is 10.9. The average Bonchev–Trinajstić information content (AvgIpc) is 2.94. The molecule has 1 saturated heterocycles. The molecule has 5 nitrogen and oxygen atoms in total. The highest BCUT2D eigenvalue weighted by Crippen LogP contribution is 2.38. The van der Waals surface area contributed by atoms with Crippen molar-refractivity contribution in [2.45, 2.75) is 50.1 Å². The van der Waals surface area contributed by atoms with Crippen LogP contribution < -0.4 is 4.90 Å². The minimum absolute atomic E-state index is 0.157. The molecule has 1 aromatic carbocycles. The summed E-state index contributed by atoms with van der Waals surface area (Å²) >= 11 is 1.50. The van der Waals surface area contributed by atoms with Gasteiger partial charge in [0.05, 0.1) is 16.3 Å². The summed E-state index contributed by atoms with van der Waals surface area (Å²) < 4.78 is 45.4. The zero-order chi connectivity index (χ0) is 23.8. The van der Waals surface area contributed by atoms with E-state index >= 15 is 0 Å². The van der Waals surface area contributed by atoms with Crippen LogP contribution in [0.3, 0.4) is 0 Å². The number of pyridine rings is 1. The number of alkyl halides is 3. The lowest BCUT2D eigenvalue weighted by Crippen LogP contribution is -2.39. The molecule has 9 heteroatoms. The Morgan fingerprint density at radius 2 is 2.00 bits per heavy atom. The van der Waals surface area contributed by atoms with E-state index in [4.69, 9.17) is 4.74 Å². The molecule has 3 unspecified atom stereocenters. The predicted octanol–water partition coefficient (Wildman–Crippen LogP) is 4.90. The smallest absolute Gasteiger partial charge is 0.416 e. The standard InChI is InChI=1S/C24H30F3N3O2S/c1-15(14-32-22-16(2)23(31)33-17(22)3)29-9-4-10-30(12-11-29)21-7-8-28-20-13-18(24(25,26)27)5-6-19(20)21/h5-8,13,15,17,23,31H,4,9-12,14H2,1-3H3. The molecule has 1 N–H and O–H groups in total. The summed E-state index contributed by atoms with van der Waals surface area (Å²) in [5.74, 6) is 0.886. The molecule has 0 bridgehead atoms. The largest absolute Gasteiger partial charge is 0.495 e. The Bertz CT molecular complexity index is 1030. The number of aliphatic hydroxyl groups excluding tert-OH is 1. The van der Waals surface area contributed by atoms with Gasteiger partial charge in [0, 0.05) is 55.1 Å². The van der Waals surface area contributed by atoms with Crippen molar-refractivity contribution < 1.29 is 23.0 Å². The van der Waals surface area contributed by atoms with Gasteiger partial charge < -0.3 is 14.7 Å². The summed E-state index contributed by atoms with van der Waals surface area (Å²) in [6.45, 7) is 10.0. The number of aliphatic hydroxyl groups is 1. The van der Waals surface area contributed by atoms with Crippen LogP contribution in [-0.2, 0) is 10.9 Å². The Hall–Kier alpha value is -1.97. The third-order valence-electron chi connectivity index (χ3n) is 6.48. The second kappa shape index (κ2) is 9.72. The Labute approximate surface area is 196 Å². The zero-order valence-electron chi connectivity index (χ0n) is 19.1. The maximum Gasteiger partial charge on any atom is 0.416 e.